The van der Waals surface area contributed by atoms with Gasteiger partial charge in [0.05, 0.1) is 11.7 Å². The summed E-state index contributed by atoms with van der Waals surface area (Å²) < 4.78 is 2.21. The quantitative estimate of drug-likeness (QED) is 0.712. The molecule has 0 aromatic carbocycles. The van der Waals surface area contributed by atoms with Crippen LogP contribution in [0.5, 0.6) is 0 Å². The number of amides is 2. The second kappa shape index (κ2) is 8.02. The minimum absolute atomic E-state index is 0.0381. The molecule has 4 rings (SSSR count). The van der Waals surface area contributed by atoms with E-state index in [1.807, 2.05) is 6.07 Å². The topological polar surface area (TPSA) is 94.1 Å². The van der Waals surface area contributed by atoms with Crippen LogP contribution in [0.4, 0.5) is 0 Å². The molecule has 27 heavy (non-hydrogen) atoms. The van der Waals surface area contributed by atoms with Gasteiger partial charge in [0, 0.05) is 30.4 Å². The number of piperidine rings is 1. The number of likely N-dealkylation sites (tertiary alicyclic amines) is 1. The van der Waals surface area contributed by atoms with Crippen LogP contribution in [0.2, 0.25) is 0 Å². The summed E-state index contributed by atoms with van der Waals surface area (Å²) >= 11 is 3.17. The summed E-state index contributed by atoms with van der Waals surface area (Å²) in [5.74, 6) is 0.792. The van der Waals surface area contributed by atoms with Crippen molar-refractivity contribution in [2.24, 2.45) is 11.7 Å². The number of carbonyl (C=O) groups excluding carboxylic acids is 2. The van der Waals surface area contributed by atoms with Crippen molar-refractivity contribution in [2.75, 3.05) is 18.8 Å². The van der Waals surface area contributed by atoms with Crippen molar-refractivity contribution in [2.45, 2.75) is 43.3 Å². The van der Waals surface area contributed by atoms with Crippen molar-refractivity contribution in [1.29, 1.82) is 0 Å². The molecule has 2 N–H and O–H groups in total. The zero-order chi connectivity index (χ0) is 18.8. The van der Waals surface area contributed by atoms with Crippen LogP contribution in [0.1, 0.15) is 42.4 Å². The van der Waals surface area contributed by atoms with Crippen molar-refractivity contribution in [3.05, 3.63) is 28.2 Å². The van der Waals surface area contributed by atoms with Gasteiger partial charge < -0.3 is 15.2 Å². The Labute approximate surface area is 166 Å². The summed E-state index contributed by atoms with van der Waals surface area (Å²) in [5.41, 5.74) is 5.41. The lowest BCUT2D eigenvalue weighted by Gasteiger charge is -2.31. The van der Waals surface area contributed by atoms with Crippen LogP contribution in [-0.4, -0.2) is 50.3 Å². The maximum atomic E-state index is 12.6. The van der Waals surface area contributed by atoms with Crippen molar-refractivity contribution in [3.8, 4) is 0 Å². The Balaban J connectivity index is 1.40. The second-order valence-electron chi connectivity index (χ2n) is 7.13. The smallest absolute Gasteiger partial charge is 0.233 e. The van der Waals surface area contributed by atoms with E-state index in [0.29, 0.717) is 24.9 Å². The lowest BCUT2D eigenvalue weighted by molar-refractivity contribution is -0.132. The third-order valence-electron chi connectivity index (χ3n) is 5.06. The van der Waals surface area contributed by atoms with Crippen LogP contribution < -0.4 is 5.73 Å². The molecule has 0 bridgehead atoms. The van der Waals surface area contributed by atoms with Crippen LogP contribution in [0.25, 0.3) is 0 Å². The maximum absolute atomic E-state index is 12.6. The van der Waals surface area contributed by atoms with E-state index in [9.17, 15) is 9.59 Å². The zero-order valence-electron chi connectivity index (χ0n) is 15.0. The highest BCUT2D eigenvalue weighted by Crippen LogP contribution is 2.39. The van der Waals surface area contributed by atoms with Gasteiger partial charge in [-0.15, -0.1) is 21.5 Å². The van der Waals surface area contributed by atoms with Crippen LogP contribution in [-0.2, 0) is 16.0 Å². The monoisotopic (exact) mass is 405 g/mol. The highest BCUT2D eigenvalue weighted by atomic mass is 32.2. The van der Waals surface area contributed by atoms with E-state index in [1.54, 1.807) is 16.2 Å². The molecule has 9 heteroatoms. The van der Waals surface area contributed by atoms with Crippen LogP contribution >= 0.6 is 23.1 Å². The lowest BCUT2D eigenvalue weighted by Crippen LogP contribution is -2.44. The van der Waals surface area contributed by atoms with Crippen molar-refractivity contribution in [3.63, 3.8) is 0 Å². The molecule has 3 heterocycles. The Morgan fingerprint density at radius 3 is 2.85 bits per heavy atom. The summed E-state index contributed by atoms with van der Waals surface area (Å²) in [4.78, 5) is 27.0. The molecule has 2 fully saturated rings. The summed E-state index contributed by atoms with van der Waals surface area (Å²) in [7, 11) is 0. The van der Waals surface area contributed by atoms with E-state index in [-0.39, 0.29) is 17.7 Å². The molecular weight excluding hydrogens is 382 g/mol. The van der Waals surface area contributed by atoms with Gasteiger partial charge in [-0.2, -0.15) is 0 Å². The second-order valence-corrected chi connectivity index (χ2v) is 9.10. The molecule has 2 aromatic heterocycles. The van der Waals surface area contributed by atoms with Crippen LogP contribution in [0.15, 0.2) is 22.7 Å². The van der Waals surface area contributed by atoms with Gasteiger partial charge in [-0.05, 0) is 37.1 Å². The summed E-state index contributed by atoms with van der Waals surface area (Å²) in [6.07, 6.45) is 4.66. The number of hydrogen-bond acceptors (Lipinski definition) is 6. The number of thiophene rings is 1. The molecule has 144 valence electrons. The highest BCUT2D eigenvalue weighted by Gasteiger charge is 2.31. The molecule has 7 nitrogen and oxygen atoms in total. The Morgan fingerprint density at radius 1 is 1.30 bits per heavy atom. The summed E-state index contributed by atoms with van der Waals surface area (Å²) in [6, 6.07) is 4.62. The molecule has 0 spiro atoms. The Bertz CT molecular complexity index is 816. The SMILES string of the molecule is NC(=O)[C@H]1CCCN(C(=O)CSc2nnc(Cc3cccs3)n2C2CC2)C1. The minimum Gasteiger partial charge on any atom is -0.369 e. The molecule has 1 saturated carbocycles. The van der Waals surface area contributed by atoms with Gasteiger partial charge in [0.2, 0.25) is 11.8 Å². The summed E-state index contributed by atoms with van der Waals surface area (Å²) in [5, 5.41) is 11.6. The molecule has 0 radical (unpaired) electrons. The number of nitrogens with zero attached hydrogens (tertiary/aromatic N) is 4. The first kappa shape index (κ1) is 18.5. The Hall–Kier alpha value is -1.87. The fourth-order valence-electron chi connectivity index (χ4n) is 3.45. The van der Waals surface area contributed by atoms with E-state index in [4.69, 9.17) is 5.73 Å². The van der Waals surface area contributed by atoms with Gasteiger partial charge in [-0.3, -0.25) is 9.59 Å². The number of aromatic nitrogens is 3. The normalized spacial score (nSPS) is 20.0. The first-order chi connectivity index (χ1) is 13.1. The largest absolute Gasteiger partial charge is 0.369 e. The minimum atomic E-state index is -0.313. The molecule has 1 aliphatic carbocycles. The highest BCUT2D eigenvalue weighted by molar-refractivity contribution is 7.99. The van der Waals surface area contributed by atoms with E-state index in [2.05, 4.69) is 26.2 Å². The Kier molecular flexibility index (Phi) is 5.49. The van der Waals surface area contributed by atoms with Gasteiger partial charge in [-0.1, -0.05) is 17.8 Å². The average Bonchev–Trinajstić information content (AvgIpc) is 3.22. The first-order valence-electron chi connectivity index (χ1n) is 9.28. The molecular formula is C18H23N5O2S2. The number of thioether (sulfide) groups is 1. The lowest BCUT2D eigenvalue weighted by atomic mass is 9.97. The van der Waals surface area contributed by atoms with E-state index in [0.717, 1.165) is 43.1 Å². The van der Waals surface area contributed by atoms with Gasteiger partial charge in [0.1, 0.15) is 5.82 Å². The number of nitrogens with two attached hydrogens (primary N) is 1. The van der Waals surface area contributed by atoms with E-state index in [1.165, 1.54) is 16.6 Å². The molecule has 0 unspecified atom stereocenters. The van der Waals surface area contributed by atoms with Gasteiger partial charge >= 0.3 is 0 Å². The van der Waals surface area contributed by atoms with Crippen LogP contribution in [0.3, 0.4) is 0 Å². The predicted molar refractivity (Wildman–Crippen MR) is 105 cm³/mol. The maximum Gasteiger partial charge on any atom is 0.233 e. The third-order valence-corrected chi connectivity index (χ3v) is 6.87. The number of rotatable bonds is 7. The molecule has 1 atom stereocenters. The third kappa shape index (κ3) is 4.35. The molecule has 1 aliphatic heterocycles. The van der Waals surface area contributed by atoms with Gasteiger partial charge in [0.15, 0.2) is 5.16 Å². The van der Waals surface area contributed by atoms with Crippen molar-refractivity contribution in [1.82, 2.24) is 19.7 Å². The predicted octanol–water partition coefficient (Wildman–Crippen LogP) is 2.08. The number of hydrogen-bond donors (Lipinski definition) is 1. The van der Waals surface area contributed by atoms with Crippen molar-refractivity contribution >= 4 is 34.9 Å². The fourth-order valence-corrected chi connectivity index (χ4v) is 5.08. The molecule has 2 aliphatic rings. The first-order valence-corrected chi connectivity index (χ1v) is 11.1. The van der Waals surface area contributed by atoms with Crippen molar-refractivity contribution < 1.29 is 9.59 Å². The number of carbonyl (C=O) groups is 2. The standard InChI is InChI=1S/C18H23N5O2S2/c19-17(25)12-3-1-7-22(10-12)16(24)11-27-18-21-20-15(23(18)13-5-6-13)9-14-4-2-8-26-14/h2,4,8,12-13H,1,3,5-7,9-11H2,(H2,19,25)/t12-/m0/s1. The van der Waals surface area contributed by atoms with Gasteiger partial charge in [0.25, 0.3) is 0 Å². The fraction of sp³-hybridized carbons (Fsp3) is 0.556. The summed E-state index contributed by atoms with van der Waals surface area (Å²) in [6.45, 7) is 1.13. The van der Waals surface area contributed by atoms with E-state index < -0.39 is 0 Å². The Morgan fingerprint density at radius 2 is 2.15 bits per heavy atom. The van der Waals surface area contributed by atoms with E-state index >= 15 is 0 Å². The molecule has 2 amide bonds. The van der Waals surface area contributed by atoms with Gasteiger partial charge in [-0.25, -0.2) is 0 Å². The molecule has 1 saturated heterocycles. The van der Waals surface area contributed by atoms with Crippen LogP contribution in [0, 0.1) is 5.92 Å². The zero-order valence-corrected chi connectivity index (χ0v) is 16.7. The molecule has 2 aromatic rings. The average molecular weight is 406 g/mol. The number of primary amides is 1.